The molecule has 1 saturated heterocycles. The summed E-state index contributed by atoms with van der Waals surface area (Å²) < 4.78 is 13.7. The number of piperidine rings is 1. The Morgan fingerprint density at radius 1 is 1.30 bits per heavy atom. The van der Waals surface area contributed by atoms with Crippen LogP contribution in [0.15, 0.2) is 18.2 Å². The SMILES string of the molecule is CC1CCCN(C(=O)CCN2C(=O)c3cccc(F)c3C2=O)C1. The Morgan fingerprint density at radius 3 is 2.78 bits per heavy atom. The van der Waals surface area contributed by atoms with E-state index in [-0.39, 0.29) is 30.0 Å². The van der Waals surface area contributed by atoms with Crippen molar-refractivity contribution in [2.45, 2.75) is 26.2 Å². The first-order valence-electron chi connectivity index (χ1n) is 7.91. The molecule has 2 aliphatic heterocycles. The van der Waals surface area contributed by atoms with Gasteiger partial charge in [-0.25, -0.2) is 4.39 Å². The van der Waals surface area contributed by atoms with Crippen molar-refractivity contribution >= 4 is 17.7 Å². The lowest BCUT2D eigenvalue weighted by atomic mass is 10.00. The van der Waals surface area contributed by atoms with Gasteiger partial charge in [-0.05, 0) is 30.9 Å². The van der Waals surface area contributed by atoms with Gasteiger partial charge >= 0.3 is 0 Å². The lowest BCUT2D eigenvalue weighted by Crippen LogP contribution is -2.41. The number of carbonyl (C=O) groups excluding carboxylic acids is 3. The normalized spacial score (nSPS) is 20.9. The molecule has 1 aromatic rings. The highest BCUT2D eigenvalue weighted by molar-refractivity contribution is 6.21. The summed E-state index contributed by atoms with van der Waals surface area (Å²) in [5.74, 6) is -1.46. The van der Waals surface area contributed by atoms with E-state index in [1.165, 1.54) is 12.1 Å². The smallest absolute Gasteiger partial charge is 0.264 e. The predicted octanol–water partition coefficient (Wildman–Crippen LogP) is 2.07. The number of hydrogen-bond acceptors (Lipinski definition) is 3. The van der Waals surface area contributed by atoms with Crippen LogP contribution in [0.25, 0.3) is 0 Å². The van der Waals surface area contributed by atoms with Crippen LogP contribution in [0.5, 0.6) is 0 Å². The van der Waals surface area contributed by atoms with Crippen molar-refractivity contribution in [2.75, 3.05) is 19.6 Å². The number of rotatable bonds is 3. The van der Waals surface area contributed by atoms with E-state index in [1.807, 2.05) is 0 Å². The molecule has 2 aliphatic rings. The van der Waals surface area contributed by atoms with Crippen LogP contribution in [-0.2, 0) is 4.79 Å². The first-order valence-corrected chi connectivity index (χ1v) is 7.91. The number of benzene rings is 1. The standard InChI is InChI=1S/C17H19FN2O3/c1-11-4-3-8-19(10-11)14(21)7-9-20-16(22)12-5-2-6-13(18)15(12)17(20)23/h2,5-6,11H,3-4,7-10H2,1H3. The Labute approximate surface area is 134 Å². The van der Waals surface area contributed by atoms with E-state index >= 15 is 0 Å². The number of halogens is 1. The van der Waals surface area contributed by atoms with E-state index in [4.69, 9.17) is 0 Å². The van der Waals surface area contributed by atoms with Crippen LogP contribution < -0.4 is 0 Å². The molecule has 122 valence electrons. The summed E-state index contributed by atoms with van der Waals surface area (Å²) in [4.78, 5) is 39.4. The van der Waals surface area contributed by atoms with E-state index in [0.29, 0.717) is 5.92 Å². The zero-order valence-electron chi connectivity index (χ0n) is 13.0. The molecule has 0 saturated carbocycles. The summed E-state index contributed by atoms with van der Waals surface area (Å²) in [7, 11) is 0. The van der Waals surface area contributed by atoms with Gasteiger partial charge in [-0.2, -0.15) is 0 Å². The summed E-state index contributed by atoms with van der Waals surface area (Å²) >= 11 is 0. The van der Waals surface area contributed by atoms with Gasteiger partial charge in [-0.3, -0.25) is 19.3 Å². The fourth-order valence-electron chi connectivity index (χ4n) is 3.28. The maximum Gasteiger partial charge on any atom is 0.264 e. The summed E-state index contributed by atoms with van der Waals surface area (Å²) in [6.45, 7) is 3.54. The van der Waals surface area contributed by atoms with Gasteiger partial charge < -0.3 is 4.90 Å². The fourth-order valence-corrected chi connectivity index (χ4v) is 3.28. The van der Waals surface area contributed by atoms with E-state index in [2.05, 4.69) is 6.92 Å². The van der Waals surface area contributed by atoms with Gasteiger partial charge in [-0.15, -0.1) is 0 Å². The zero-order valence-corrected chi connectivity index (χ0v) is 13.0. The summed E-state index contributed by atoms with van der Waals surface area (Å²) in [6, 6.07) is 4.00. The summed E-state index contributed by atoms with van der Waals surface area (Å²) in [5.41, 5.74) is -0.106. The number of imide groups is 1. The Kier molecular flexibility index (Phi) is 4.15. The first kappa shape index (κ1) is 15.6. The molecule has 1 unspecified atom stereocenters. The second kappa shape index (κ2) is 6.10. The molecule has 23 heavy (non-hydrogen) atoms. The summed E-state index contributed by atoms with van der Waals surface area (Å²) in [5, 5.41) is 0. The van der Waals surface area contributed by atoms with Crippen LogP contribution >= 0.6 is 0 Å². The molecule has 0 bridgehead atoms. The first-order chi connectivity index (χ1) is 11.0. The van der Waals surface area contributed by atoms with Crippen LogP contribution in [0.1, 0.15) is 46.9 Å². The highest BCUT2D eigenvalue weighted by atomic mass is 19.1. The topological polar surface area (TPSA) is 57.7 Å². The Bertz CT molecular complexity index is 674. The van der Waals surface area contributed by atoms with E-state index in [1.54, 1.807) is 4.90 Å². The number of likely N-dealkylation sites (tertiary alicyclic amines) is 1. The van der Waals surface area contributed by atoms with Crippen molar-refractivity contribution in [1.29, 1.82) is 0 Å². The van der Waals surface area contributed by atoms with Gasteiger partial charge in [-0.1, -0.05) is 13.0 Å². The lowest BCUT2D eigenvalue weighted by molar-refractivity contribution is -0.132. The fraction of sp³-hybridized carbons (Fsp3) is 0.471. The predicted molar refractivity (Wildman–Crippen MR) is 81.4 cm³/mol. The quantitative estimate of drug-likeness (QED) is 0.802. The Hall–Kier alpha value is -2.24. The van der Waals surface area contributed by atoms with Crippen molar-refractivity contribution in [3.05, 3.63) is 35.1 Å². The monoisotopic (exact) mass is 318 g/mol. The molecule has 1 aromatic carbocycles. The number of nitrogens with zero attached hydrogens (tertiary/aromatic N) is 2. The molecule has 3 rings (SSSR count). The number of amides is 3. The molecule has 1 fully saturated rings. The van der Waals surface area contributed by atoms with Gasteiger partial charge in [0, 0.05) is 26.1 Å². The van der Waals surface area contributed by atoms with Crippen molar-refractivity contribution < 1.29 is 18.8 Å². The van der Waals surface area contributed by atoms with E-state index in [0.717, 1.165) is 36.9 Å². The highest BCUT2D eigenvalue weighted by Gasteiger charge is 2.38. The maximum atomic E-state index is 13.7. The number of hydrogen-bond donors (Lipinski definition) is 0. The molecule has 6 heteroatoms. The Morgan fingerprint density at radius 2 is 2.09 bits per heavy atom. The minimum absolute atomic E-state index is 0.00446. The average molecular weight is 318 g/mol. The molecule has 0 N–H and O–H groups in total. The minimum Gasteiger partial charge on any atom is -0.342 e. The van der Waals surface area contributed by atoms with Crippen LogP contribution in [0.4, 0.5) is 4.39 Å². The van der Waals surface area contributed by atoms with Gasteiger partial charge in [0.05, 0.1) is 11.1 Å². The lowest BCUT2D eigenvalue weighted by Gasteiger charge is -2.31. The third kappa shape index (κ3) is 2.85. The minimum atomic E-state index is -0.695. The van der Waals surface area contributed by atoms with Crippen molar-refractivity contribution in [3.63, 3.8) is 0 Å². The van der Waals surface area contributed by atoms with Crippen molar-refractivity contribution in [2.24, 2.45) is 5.92 Å². The van der Waals surface area contributed by atoms with Crippen molar-refractivity contribution in [1.82, 2.24) is 9.80 Å². The molecule has 0 aliphatic carbocycles. The number of fused-ring (bicyclic) bond motifs is 1. The van der Waals surface area contributed by atoms with Crippen LogP contribution in [0.2, 0.25) is 0 Å². The second-order valence-corrected chi connectivity index (χ2v) is 6.26. The third-order valence-corrected chi connectivity index (χ3v) is 4.51. The highest BCUT2D eigenvalue weighted by Crippen LogP contribution is 2.25. The molecular formula is C17H19FN2O3. The molecule has 2 heterocycles. The largest absolute Gasteiger partial charge is 0.342 e. The third-order valence-electron chi connectivity index (χ3n) is 4.51. The maximum absolute atomic E-state index is 13.7. The second-order valence-electron chi connectivity index (χ2n) is 6.26. The van der Waals surface area contributed by atoms with Gasteiger partial charge in [0.2, 0.25) is 5.91 Å². The van der Waals surface area contributed by atoms with E-state index in [9.17, 15) is 18.8 Å². The van der Waals surface area contributed by atoms with Crippen molar-refractivity contribution in [3.8, 4) is 0 Å². The molecule has 5 nitrogen and oxygen atoms in total. The molecule has 0 spiro atoms. The van der Waals surface area contributed by atoms with E-state index < -0.39 is 17.6 Å². The molecular weight excluding hydrogens is 299 g/mol. The van der Waals surface area contributed by atoms with Crippen LogP contribution in [-0.4, -0.2) is 47.2 Å². The van der Waals surface area contributed by atoms with Crippen LogP contribution in [0.3, 0.4) is 0 Å². The molecule has 3 amide bonds. The van der Waals surface area contributed by atoms with Crippen LogP contribution in [0, 0.1) is 11.7 Å². The molecule has 1 atom stereocenters. The number of carbonyl (C=O) groups is 3. The molecule has 0 aromatic heterocycles. The zero-order chi connectivity index (χ0) is 16.6. The molecule has 0 radical (unpaired) electrons. The Balaban J connectivity index is 1.66. The van der Waals surface area contributed by atoms with Gasteiger partial charge in [0.1, 0.15) is 5.82 Å². The average Bonchev–Trinajstić information content (AvgIpc) is 2.77. The van der Waals surface area contributed by atoms with Gasteiger partial charge in [0.25, 0.3) is 11.8 Å². The summed E-state index contributed by atoms with van der Waals surface area (Å²) in [6.07, 6.45) is 2.17. The van der Waals surface area contributed by atoms with Gasteiger partial charge in [0.15, 0.2) is 0 Å².